The minimum absolute atomic E-state index is 0.373. The molecule has 0 spiro atoms. The van der Waals surface area contributed by atoms with Crippen LogP contribution in [-0.4, -0.2) is 0 Å². The van der Waals surface area contributed by atoms with Gasteiger partial charge in [0.05, 0.1) is 22.9 Å². The van der Waals surface area contributed by atoms with E-state index in [1.54, 1.807) is 0 Å². The van der Waals surface area contributed by atoms with E-state index in [2.05, 4.69) is 6.07 Å². The molecule has 0 saturated heterocycles. The summed E-state index contributed by atoms with van der Waals surface area (Å²) in [6, 6.07) is 5.81. The van der Waals surface area contributed by atoms with E-state index in [1.165, 1.54) is 11.3 Å². The molecule has 0 bridgehead atoms. The fourth-order valence-electron chi connectivity index (χ4n) is 1.50. The van der Waals surface area contributed by atoms with Gasteiger partial charge in [0.1, 0.15) is 0 Å². The molecule has 2 rings (SSSR count). The molecule has 4 heteroatoms. The van der Waals surface area contributed by atoms with Crippen LogP contribution in [0.25, 0.3) is 10.1 Å². The van der Waals surface area contributed by atoms with Crippen molar-refractivity contribution in [2.75, 3.05) is 11.5 Å². The molecule has 1 aromatic heterocycles. The molecule has 1 heterocycles. The number of fused-ring (bicyclic) bond motifs is 1. The Hall–Kier alpha value is -1.73. The monoisotopic (exact) mass is 203 g/mol. The van der Waals surface area contributed by atoms with Gasteiger partial charge in [-0.15, -0.1) is 11.3 Å². The minimum atomic E-state index is 0.373. The zero-order valence-electron chi connectivity index (χ0n) is 7.45. The van der Waals surface area contributed by atoms with Crippen molar-refractivity contribution >= 4 is 32.8 Å². The van der Waals surface area contributed by atoms with Gasteiger partial charge < -0.3 is 11.5 Å². The van der Waals surface area contributed by atoms with Crippen LogP contribution in [0.15, 0.2) is 17.5 Å². The first kappa shape index (κ1) is 8.85. The Balaban J connectivity index is 2.80. The summed E-state index contributed by atoms with van der Waals surface area (Å²) in [5, 5.41) is 11.5. The van der Waals surface area contributed by atoms with Crippen LogP contribution in [0, 0.1) is 11.3 Å². The molecule has 1 aromatic carbocycles. The third-order valence-corrected chi connectivity index (χ3v) is 3.18. The largest absolute Gasteiger partial charge is 0.398 e. The van der Waals surface area contributed by atoms with Gasteiger partial charge in [0.15, 0.2) is 0 Å². The lowest BCUT2D eigenvalue weighted by Crippen LogP contribution is -1.91. The molecule has 14 heavy (non-hydrogen) atoms. The van der Waals surface area contributed by atoms with Gasteiger partial charge in [0, 0.05) is 16.5 Å². The molecule has 0 unspecified atom stereocenters. The highest BCUT2D eigenvalue weighted by atomic mass is 32.1. The first-order valence-electron chi connectivity index (χ1n) is 4.15. The lowest BCUT2D eigenvalue weighted by molar-refractivity contribution is 1.29. The fourth-order valence-corrected chi connectivity index (χ4v) is 2.43. The predicted molar refractivity (Wildman–Crippen MR) is 60.0 cm³/mol. The first-order valence-corrected chi connectivity index (χ1v) is 5.03. The molecule has 0 amide bonds. The summed E-state index contributed by atoms with van der Waals surface area (Å²) in [5.74, 6) is 0. The number of hydrogen-bond donors (Lipinski definition) is 2. The molecular weight excluding hydrogens is 194 g/mol. The molecule has 2 aromatic rings. The number of rotatable bonds is 1. The molecule has 0 aliphatic carbocycles. The minimum Gasteiger partial charge on any atom is -0.398 e. The van der Waals surface area contributed by atoms with Crippen molar-refractivity contribution in [3.8, 4) is 6.07 Å². The number of anilines is 2. The molecule has 0 aliphatic rings. The summed E-state index contributed by atoms with van der Waals surface area (Å²) in [6.07, 6.45) is 0.373. The van der Waals surface area contributed by atoms with Crippen LogP contribution < -0.4 is 11.5 Å². The van der Waals surface area contributed by atoms with Gasteiger partial charge >= 0.3 is 0 Å². The van der Waals surface area contributed by atoms with Gasteiger partial charge in [-0.25, -0.2) is 0 Å². The van der Waals surface area contributed by atoms with Crippen molar-refractivity contribution in [3.63, 3.8) is 0 Å². The molecular formula is C10H9N3S. The van der Waals surface area contributed by atoms with Crippen LogP contribution in [0.2, 0.25) is 0 Å². The summed E-state index contributed by atoms with van der Waals surface area (Å²) < 4.78 is 0.982. The quantitative estimate of drug-likeness (QED) is 0.697. The SMILES string of the molecule is N#CCc1ccc(N)c2scc(N)c12. The number of nitrogen functional groups attached to an aromatic ring is 2. The van der Waals surface area contributed by atoms with Gasteiger partial charge in [-0.2, -0.15) is 5.26 Å². The van der Waals surface area contributed by atoms with Crippen LogP contribution in [0.1, 0.15) is 5.56 Å². The maximum Gasteiger partial charge on any atom is 0.0669 e. The van der Waals surface area contributed by atoms with Crippen LogP contribution in [0.4, 0.5) is 11.4 Å². The number of thiophene rings is 1. The van der Waals surface area contributed by atoms with Gasteiger partial charge in [-0.05, 0) is 11.6 Å². The highest BCUT2D eigenvalue weighted by Crippen LogP contribution is 2.35. The zero-order valence-corrected chi connectivity index (χ0v) is 8.27. The second-order valence-electron chi connectivity index (χ2n) is 3.04. The van der Waals surface area contributed by atoms with Gasteiger partial charge in [-0.1, -0.05) is 6.07 Å². The average Bonchev–Trinajstić information content (AvgIpc) is 2.55. The molecule has 0 radical (unpaired) electrons. The Morgan fingerprint density at radius 1 is 1.29 bits per heavy atom. The first-order chi connectivity index (χ1) is 6.74. The van der Waals surface area contributed by atoms with Crippen molar-refractivity contribution < 1.29 is 0 Å². The number of nitrogens with zero attached hydrogens (tertiary/aromatic N) is 1. The molecule has 0 aliphatic heterocycles. The molecule has 4 N–H and O–H groups in total. The molecule has 0 saturated carbocycles. The average molecular weight is 203 g/mol. The topological polar surface area (TPSA) is 75.8 Å². The number of benzene rings is 1. The number of hydrogen-bond acceptors (Lipinski definition) is 4. The lowest BCUT2D eigenvalue weighted by atomic mass is 10.1. The summed E-state index contributed by atoms with van der Waals surface area (Å²) >= 11 is 1.52. The Kier molecular flexibility index (Phi) is 2.02. The normalized spacial score (nSPS) is 10.2. The van der Waals surface area contributed by atoms with E-state index in [1.807, 2.05) is 17.5 Å². The Morgan fingerprint density at radius 3 is 2.79 bits per heavy atom. The Labute approximate surface area is 85.6 Å². The van der Waals surface area contributed by atoms with Crippen LogP contribution in [0.5, 0.6) is 0 Å². The van der Waals surface area contributed by atoms with E-state index in [9.17, 15) is 0 Å². The standard InChI is InChI=1S/C10H9N3S/c11-4-3-6-1-2-7(12)10-9(6)8(13)5-14-10/h1-2,5H,3,12-13H2. The summed E-state index contributed by atoms with van der Waals surface area (Å²) in [4.78, 5) is 0. The van der Waals surface area contributed by atoms with Crippen molar-refractivity contribution in [2.24, 2.45) is 0 Å². The third-order valence-electron chi connectivity index (χ3n) is 2.14. The molecule has 0 fully saturated rings. The Morgan fingerprint density at radius 2 is 2.07 bits per heavy atom. The zero-order chi connectivity index (χ0) is 10.1. The highest BCUT2D eigenvalue weighted by Gasteiger charge is 2.08. The van der Waals surface area contributed by atoms with Crippen LogP contribution in [0.3, 0.4) is 0 Å². The summed E-state index contributed by atoms with van der Waals surface area (Å²) in [6.45, 7) is 0. The molecule has 70 valence electrons. The lowest BCUT2D eigenvalue weighted by Gasteiger charge is -2.01. The number of nitriles is 1. The predicted octanol–water partition coefficient (Wildman–Crippen LogP) is 2.13. The maximum atomic E-state index is 8.66. The van der Waals surface area contributed by atoms with Crippen molar-refractivity contribution in [1.82, 2.24) is 0 Å². The van der Waals surface area contributed by atoms with Crippen molar-refractivity contribution in [3.05, 3.63) is 23.1 Å². The highest BCUT2D eigenvalue weighted by molar-refractivity contribution is 7.18. The van der Waals surface area contributed by atoms with Crippen molar-refractivity contribution in [2.45, 2.75) is 6.42 Å². The van der Waals surface area contributed by atoms with Gasteiger partial charge in [0.25, 0.3) is 0 Å². The van der Waals surface area contributed by atoms with E-state index in [0.717, 1.165) is 21.3 Å². The second kappa shape index (κ2) is 3.20. The van der Waals surface area contributed by atoms with Gasteiger partial charge in [-0.3, -0.25) is 0 Å². The van der Waals surface area contributed by atoms with Crippen molar-refractivity contribution in [1.29, 1.82) is 5.26 Å². The van der Waals surface area contributed by atoms with E-state index in [0.29, 0.717) is 12.1 Å². The molecule has 0 atom stereocenters. The summed E-state index contributed by atoms with van der Waals surface area (Å²) in [7, 11) is 0. The Bertz CT molecular complexity index is 522. The molecule has 3 nitrogen and oxygen atoms in total. The van der Waals surface area contributed by atoms with E-state index >= 15 is 0 Å². The van der Waals surface area contributed by atoms with Crippen LogP contribution >= 0.6 is 11.3 Å². The second-order valence-corrected chi connectivity index (χ2v) is 3.92. The smallest absolute Gasteiger partial charge is 0.0669 e. The third kappa shape index (κ3) is 1.19. The van der Waals surface area contributed by atoms with E-state index in [-0.39, 0.29) is 0 Å². The maximum absolute atomic E-state index is 8.66. The van der Waals surface area contributed by atoms with Crippen LogP contribution in [-0.2, 0) is 6.42 Å². The van der Waals surface area contributed by atoms with E-state index in [4.69, 9.17) is 16.7 Å². The van der Waals surface area contributed by atoms with E-state index < -0.39 is 0 Å². The fraction of sp³-hybridized carbons (Fsp3) is 0.100. The van der Waals surface area contributed by atoms with Gasteiger partial charge in [0.2, 0.25) is 0 Å². The number of nitrogens with two attached hydrogens (primary N) is 2. The summed E-state index contributed by atoms with van der Waals surface area (Å²) in [5.41, 5.74) is 14.0.